The lowest BCUT2D eigenvalue weighted by Crippen LogP contribution is -2.36. The number of rotatable bonds is 5. The Labute approximate surface area is 225 Å². The number of fused-ring (bicyclic) bond motifs is 1. The number of hydrogen-bond donors (Lipinski definition) is 2. The van der Waals surface area contributed by atoms with Crippen LogP contribution in [0.3, 0.4) is 0 Å². The third-order valence-corrected chi connectivity index (χ3v) is 6.66. The van der Waals surface area contributed by atoms with E-state index in [1.54, 1.807) is 12.0 Å². The van der Waals surface area contributed by atoms with Crippen LogP contribution in [0, 0.1) is 0 Å². The number of H-pyrrole nitrogens is 1. The second-order valence-corrected chi connectivity index (χ2v) is 9.26. The number of aromatic hydroxyl groups is 1. The minimum atomic E-state index is -0.766. The number of phenolic OH excluding ortho intramolecular Hbond substituents is 1. The first-order valence-corrected chi connectivity index (χ1v) is 12.1. The molecule has 38 heavy (non-hydrogen) atoms. The van der Waals surface area contributed by atoms with Gasteiger partial charge in [-0.1, -0.05) is 35.3 Å². The Hall–Kier alpha value is -4.28. The van der Waals surface area contributed by atoms with E-state index in [1.165, 1.54) is 30.3 Å². The normalized spacial score (nSPS) is 12.7. The summed E-state index contributed by atoms with van der Waals surface area (Å²) in [6.45, 7) is 0.806. The largest absolute Gasteiger partial charge is 0.507 e. The van der Waals surface area contributed by atoms with E-state index in [9.17, 15) is 19.5 Å². The molecule has 2 N–H and O–H groups in total. The molecule has 0 saturated heterocycles. The van der Waals surface area contributed by atoms with Crippen LogP contribution in [0.15, 0.2) is 64.3 Å². The van der Waals surface area contributed by atoms with Crippen LogP contribution in [0.4, 0.5) is 0 Å². The Morgan fingerprint density at radius 2 is 1.87 bits per heavy atom. The van der Waals surface area contributed by atoms with Crippen molar-refractivity contribution in [1.29, 1.82) is 0 Å². The summed E-state index contributed by atoms with van der Waals surface area (Å²) in [4.78, 5) is 40.5. The Kier molecular flexibility index (Phi) is 6.83. The van der Waals surface area contributed by atoms with E-state index in [0.717, 1.165) is 22.0 Å². The van der Waals surface area contributed by atoms with Crippen molar-refractivity contribution in [1.82, 2.24) is 19.7 Å². The van der Waals surface area contributed by atoms with Gasteiger partial charge in [0.25, 0.3) is 11.5 Å². The number of nitrogens with zero attached hydrogens (tertiary/aromatic N) is 3. The maximum absolute atomic E-state index is 13.4. The first-order valence-electron chi connectivity index (χ1n) is 11.4. The standard InChI is InChI=1S/C26H20Cl2N4O6/c1-37-22-4-2-3-14-7-8-31(13-18(14)22)25(35)17-11-16(5-6-21(17)33)38-24-19(27)9-15(10-20(24)28)32-26(36)30-23(34)12-29-32/h2-6,9-12,33H,7-8,13H2,1H3,(H,30,34,36). The zero-order chi connectivity index (χ0) is 27.0. The second-order valence-electron chi connectivity index (χ2n) is 8.44. The number of halogens is 2. The van der Waals surface area contributed by atoms with Crippen LogP contribution in [0.2, 0.25) is 10.0 Å². The van der Waals surface area contributed by atoms with E-state index < -0.39 is 11.2 Å². The average Bonchev–Trinajstić information content (AvgIpc) is 2.90. The van der Waals surface area contributed by atoms with E-state index in [0.29, 0.717) is 25.3 Å². The number of carbonyl (C=O) groups is 1. The fourth-order valence-corrected chi connectivity index (χ4v) is 4.81. The van der Waals surface area contributed by atoms with Crippen molar-refractivity contribution < 1.29 is 19.4 Å². The molecule has 0 bridgehead atoms. The van der Waals surface area contributed by atoms with Gasteiger partial charge >= 0.3 is 5.69 Å². The van der Waals surface area contributed by atoms with E-state index in [2.05, 4.69) is 10.1 Å². The monoisotopic (exact) mass is 554 g/mol. The summed E-state index contributed by atoms with van der Waals surface area (Å²) < 4.78 is 12.3. The first-order chi connectivity index (χ1) is 18.2. The number of ether oxygens (including phenoxy) is 2. The molecule has 0 radical (unpaired) electrons. The summed E-state index contributed by atoms with van der Waals surface area (Å²) in [5.41, 5.74) is 0.884. The zero-order valence-corrected chi connectivity index (χ0v) is 21.4. The van der Waals surface area contributed by atoms with Crippen molar-refractivity contribution in [2.24, 2.45) is 0 Å². The molecule has 0 spiro atoms. The van der Waals surface area contributed by atoms with Gasteiger partial charge in [-0.3, -0.25) is 14.6 Å². The molecule has 1 aliphatic rings. The van der Waals surface area contributed by atoms with Crippen LogP contribution in [0.5, 0.6) is 23.0 Å². The van der Waals surface area contributed by atoms with E-state index in [1.807, 2.05) is 18.2 Å². The number of aromatic amines is 1. The molecule has 1 amide bonds. The molecule has 1 aliphatic heterocycles. The van der Waals surface area contributed by atoms with Gasteiger partial charge in [0.05, 0.1) is 28.4 Å². The lowest BCUT2D eigenvalue weighted by atomic mass is 9.98. The van der Waals surface area contributed by atoms with Crippen LogP contribution in [0.25, 0.3) is 5.69 Å². The Morgan fingerprint density at radius 1 is 1.11 bits per heavy atom. The SMILES string of the molecule is COc1cccc2c1CN(C(=O)c1cc(Oc3c(Cl)cc(-n4ncc(=O)[nH]c4=O)cc3Cl)ccc1O)CC2. The van der Waals surface area contributed by atoms with Crippen LogP contribution < -0.4 is 20.7 Å². The molecule has 0 saturated carbocycles. The predicted molar refractivity (Wildman–Crippen MR) is 140 cm³/mol. The molecular weight excluding hydrogens is 535 g/mol. The quantitative estimate of drug-likeness (QED) is 0.382. The van der Waals surface area contributed by atoms with Gasteiger partial charge < -0.3 is 19.5 Å². The third-order valence-electron chi connectivity index (χ3n) is 6.10. The predicted octanol–water partition coefficient (Wildman–Crippen LogP) is 3.93. The van der Waals surface area contributed by atoms with E-state index in [4.69, 9.17) is 32.7 Å². The fraction of sp³-hybridized carbons (Fsp3) is 0.154. The fourth-order valence-electron chi connectivity index (χ4n) is 4.26. The molecule has 4 aromatic rings. The van der Waals surface area contributed by atoms with Gasteiger partial charge in [-0.2, -0.15) is 9.78 Å². The Bertz CT molecular complexity index is 1650. The smallest absolute Gasteiger partial charge is 0.349 e. The van der Waals surface area contributed by atoms with Crippen molar-refractivity contribution >= 4 is 29.1 Å². The maximum atomic E-state index is 13.4. The van der Waals surface area contributed by atoms with Gasteiger partial charge in [0.1, 0.15) is 23.4 Å². The molecular formula is C26H20Cl2N4O6. The summed E-state index contributed by atoms with van der Waals surface area (Å²) in [5, 5.41) is 14.3. The number of aromatic nitrogens is 3. The first kappa shape index (κ1) is 25.4. The number of carbonyl (C=O) groups excluding carboxylic acids is 1. The highest BCUT2D eigenvalue weighted by Crippen LogP contribution is 2.39. The topological polar surface area (TPSA) is 127 Å². The maximum Gasteiger partial charge on any atom is 0.349 e. The summed E-state index contributed by atoms with van der Waals surface area (Å²) in [6.07, 6.45) is 1.60. The molecule has 3 aromatic carbocycles. The molecule has 0 aliphatic carbocycles. The molecule has 0 fully saturated rings. The zero-order valence-electron chi connectivity index (χ0n) is 19.9. The number of benzene rings is 3. The summed E-state index contributed by atoms with van der Waals surface area (Å²) in [7, 11) is 1.58. The molecule has 1 aromatic heterocycles. The van der Waals surface area contributed by atoms with Crippen molar-refractivity contribution in [3.63, 3.8) is 0 Å². The lowest BCUT2D eigenvalue weighted by Gasteiger charge is -2.30. The molecule has 12 heteroatoms. The number of nitrogens with one attached hydrogen (secondary N) is 1. The van der Waals surface area contributed by atoms with Gasteiger partial charge in [0.2, 0.25) is 0 Å². The highest BCUT2D eigenvalue weighted by Gasteiger charge is 2.26. The molecule has 0 unspecified atom stereocenters. The Morgan fingerprint density at radius 3 is 2.58 bits per heavy atom. The van der Waals surface area contributed by atoms with Crippen LogP contribution in [0.1, 0.15) is 21.5 Å². The lowest BCUT2D eigenvalue weighted by molar-refractivity contribution is 0.0729. The molecule has 0 atom stereocenters. The van der Waals surface area contributed by atoms with E-state index in [-0.39, 0.29) is 44.5 Å². The summed E-state index contributed by atoms with van der Waals surface area (Å²) >= 11 is 12.8. The average molecular weight is 555 g/mol. The van der Waals surface area contributed by atoms with Crippen molar-refractivity contribution in [3.05, 3.63) is 102 Å². The minimum Gasteiger partial charge on any atom is -0.507 e. The van der Waals surface area contributed by atoms with Crippen molar-refractivity contribution in [2.45, 2.75) is 13.0 Å². The number of hydrogen-bond acceptors (Lipinski definition) is 7. The van der Waals surface area contributed by atoms with Gasteiger partial charge in [-0.15, -0.1) is 0 Å². The van der Waals surface area contributed by atoms with Crippen molar-refractivity contribution in [3.8, 4) is 28.7 Å². The highest BCUT2D eigenvalue weighted by atomic mass is 35.5. The summed E-state index contributed by atoms with van der Waals surface area (Å²) in [6, 6.07) is 12.8. The van der Waals surface area contributed by atoms with Gasteiger partial charge in [0.15, 0.2) is 5.75 Å². The number of methoxy groups -OCH3 is 1. The van der Waals surface area contributed by atoms with E-state index >= 15 is 0 Å². The number of phenols is 1. The molecule has 10 nitrogen and oxygen atoms in total. The molecule has 2 heterocycles. The van der Waals surface area contributed by atoms with Crippen LogP contribution in [-0.2, 0) is 13.0 Å². The van der Waals surface area contributed by atoms with Crippen molar-refractivity contribution in [2.75, 3.05) is 13.7 Å². The van der Waals surface area contributed by atoms with Gasteiger partial charge in [-0.25, -0.2) is 4.79 Å². The molecule has 194 valence electrons. The minimum absolute atomic E-state index is 0.0492. The second kappa shape index (κ2) is 10.2. The summed E-state index contributed by atoms with van der Waals surface area (Å²) in [5.74, 6) is 0.394. The van der Waals surface area contributed by atoms with Gasteiger partial charge in [0, 0.05) is 18.7 Å². The number of amides is 1. The molecule has 5 rings (SSSR count). The third kappa shape index (κ3) is 4.83. The Balaban J connectivity index is 1.41. The van der Waals surface area contributed by atoms with Crippen LogP contribution in [-0.4, -0.2) is 44.3 Å². The van der Waals surface area contributed by atoms with Gasteiger partial charge in [-0.05, 0) is 48.4 Å². The highest BCUT2D eigenvalue weighted by molar-refractivity contribution is 6.37. The van der Waals surface area contributed by atoms with Crippen LogP contribution >= 0.6 is 23.2 Å².